The van der Waals surface area contributed by atoms with Crippen LogP contribution in [0.2, 0.25) is 0 Å². The lowest BCUT2D eigenvalue weighted by Gasteiger charge is -2.15. The zero-order valence-corrected chi connectivity index (χ0v) is 12.7. The molecule has 2 aromatic rings. The van der Waals surface area contributed by atoms with Gasteiger partial charge in [0, 0.05) is 17.4 Å². The van der Waals surface area contributed by atoms with E-state index in [0.29, 0.717) is 17.3 Å². The third-order valence-electron chi connectivity index (χ3n) is 4.21. The molecule has 112 valence electrons. The molecule has 1 N–H and O–H groups in total. The molecule has 0 unspecified atom stereocenters. The van der Waals surface area contributed by atoms with Crippen molar-refractivity contribution in [3.8, 4) is 0 Å². The van der Waals surface area contributed by atoms with Crippen LogP contribution in [-0.4, -0.2) is 26.5 Å². The summed E-state index contributed by atoms with van der Waals surface area (Å²) < 4.78 is 1.73. The van der Waals surface area contributed by atoms with Crippen LogP contribution in [0, 0.1) is 13.8 Å². The Morgan fingerprint density at radius 3 is 2.67 bits per heavy atom. The monoisotopic (exact) mass is 286 g/mol. The first-order chi connectivity index (χ1) is 10.1. The number of hydrogen-bond donors (Lipinski definition) is 1. The fraction of sp³-hybridized carbons (Fsp3) is 0.562. The maximum Gasteiger partial charge on any atom is 0.256 e. The first-order valence-electron chi connectivity index (χ1n) is 7.78. The van der Waals surface area contributed by atoms with Gasteiger partial charge in [0.1, 0.15) is 5.56 Å². The number of nitrogens with one attached hydrogen (secondary N) is 1. The highest BCUT2D eigenvalue weighted by atomic mass is 16.1. The van der Waals surface area contributed by atoms with Crippen molar-refractivity contribution in [3.63, 3.8) is 0 Å². The van der Waals surface area contributed by atoms with E-state index in [9.17, 15) is 4.79 Å². The minimum Gasteiger partial charge on any atom is -0.349 e. The summed E-state index contributed by atoms with van der Waals surface area (Å²) in [5.74, 6) is -0.0469. The summed E-state index contributed by atoms with van der Waals surface area (Å²) in [6, 6.07) is 2.26. The van der Waals surface area contributed by atoms with E-state index in [1.807, 2.05) is 19.9 Å². The number of fused-ring (bicyclic) bond motifs is 1. The van der Waals surface area contributed by atoms with Gasteiger partial charge >= 0.3 is 0 Å². The standard InChI is InChI=1S/C16H22N4O/c1-11-9-12(2)20-15(18-11)14(10-17-20)16(21)19-13-7-5-3-4-6-8-13/h9-10,13H,3-8H2,1-2H3,(H,19,21). The van der Waals surface area contributed by atoms with Crippen molar-refractivity contribution in [2.24, 2.45) is 0 Å². The zero-order valence-electron chi connectivity index (χ0n) is 12.7. The van der Waals surface area contributed by atoms with Crippen molar-refractivity contribution < 1.29 is 4.79 Å². The number of rotatable bonds is 2. The molecule has 5 heteroatoms. The van der Waals surface area contributed by atoms with Crippen LogP contribution in [-0.2, 0) is 0 Å². The second kappa shape index (κ2) is 5.84. The lowest BCUT2D eigenvalue weighted by atomic mass is 10.1. The quantitative estimate of drug-likeness (QED) is 0.864. The number of hydrogen-bond acceptors (Lipinski definition) is 3. The van der Waals surface area contributed by atoms with Gasteiger partial charge in [-0.2, -0.15) is 5.10 Å². The second-order valence-electron chi connectivity index (χ2n) is 5.99. The van der Waals surface area contributed by atoms with Gasteiger partial charge in [0.15, 0.2) is 5.65 Å². The van der Waals surface area contributed by atoms with Gasteiger partial charge < -0.3 is 5.32 Å². The van der Waals surface area contributed by atoms with Crippen LogP contribution in [0.15, 0.2) is 12.3 Å². The maximum absolute atomic E-state index is 12.5. The van der Waals surface area contributed by atoms with E-state index in [-0.39, 0.29) is 5.91 Å². The number of amides is 1. The molecule has 1 amide bonds. The number of aryl methyl sites for hydroxylation is 2. The van der Waals surface area contributed by atoms with E-state index < -0.39 is 0 Å². The van der Waals surface area contributed by atoms with E-state index >= 15 is 0 Å². The Balaban J connectivity index is 1.84. The second-order valence-corrected chi connectivity index (χ2v) is 5.99. The van der Waals surface area contributed by atoms with Crippen LogP contribution < -0.4 is 5.32 Å². The summed E-state index contributed by atoms with van der Waals surface area (Å²) in [4.78, 5) is 17.0. The highest BCUT2D eigenvalue weighted by Crippen LogP contribution is 2.18. The average Bonchev–Trinajstić information content (AvgIpc) is 2.69. The Morgan fingerprint density at radius 2 is 1.95 bits per heavy atom. The summed E-state index contributed by atoms with van der Waals surface area (Å²) in [7, 11) is 0. The number of carbonyl (C=O) groups is 1. The number of carbonyl (C=O) groups excluding carboxylic acids is 1. The maximum atomic E-state index is 12.5. The van der Waals surface area contributed by atoms with E-state index in [4.69, 9.17) is 0 Å². The van der Waals surface area contributed by atoms with Crippen molar-refractivity contribution in [2.75, 3.05) is 0 Å². The summed E-state index contributed by atoms with van der Waals surface area (Å²) in [6.45, 7) is 3.91. The van der Waals surface area contributed by atoms with Crippen molar-refractivity contribution >= 4 is 11.6 Å². The highest BCUT2D eigenvalue weighted by Gasteiger charge is 2.19. The van der Waals surface area contributed by atoms with Crippen LogP contribution in [0.5, 0.6) is 0 Å². The normalized spacial score (nSPS) is 16.9. The van der Waals surface area contributed by atoms with Crippen LogP contribution in [0.25, 0.3) is 5.65 Å². The number of nitrogens with zero attached hydrogens (tertiary/aromatic N) is 3. The molecular formula is C16H22N4O. The topological polar surface area (TPSA) is 59.3 Å². The molecule has 0 aromatic carbocycles. The van der Waals surface area contributed by atoms with Crippen molar-refractivity contribution in [1.82, 2.24) is 19.9 Å². The van der Waals surface area contributed by atoms with Crippen LogP contribution in [0.1, 0.15) is 60.3 Å². The average molecular weight is 286 g/mol. The lowest BCUT2D eigenvalue weighted by Crippen LogP contribution is -2.34. The molecular weight excluding hydrogens is 264 g/mol. The van der Waals surface area contributed by atoms with Gasteiger partial charge in [0.2, 0.25) is 0 Å². The molecule has 0 aliphatic heterocycles. The first kappa shape index (κ1) is 14.0. The summed E-state index contributed by atoms with van der Waals surface area (Å²) in [5.41, 5.74) is 3.12. The highest BCUT2D eigenvalue weighted by molar-refractivity contribution is 5.99. The summed E-state index contributed by atoms with van der Waals surface area (Å²) in [6.07, 6.45) is 8.76. The fourth-order valence-electron chi connectivity index (χ4n) is 3.12. The molecule has 0 atom stereocenters. The van der Waals surface area contributed by atoms with E-state index in [2.05, 4.69) is 15.4 Å². The summed E-state index contributed by atoms with van der Waals surface area (Å²) in [5, 5.41) is 7.45. The van der Waals surface area contributed by atoms with Gasteiger partial charge in [-0.3, -0.25) is 4.79 Å². The molecule has 1 saturated carbocycles. The molecule has 0 saturated heterocycles. The molecule has 0 bridgehead atoms. The molecule has 2 heterocycles. The van der Waals surface area contributed by atoms with Crippen molar-refractivity contribution in [1.29, 1.82) is 0 Å². The number of aromatic nitrogens is 3. The van der Waals surface area contributed by atoms with E-state index in [0.717, 1.165) is 24.2 Å². The predicted molar refractivity (Wildman–Crippen MR) is 81.4 cm³/mol. The van der Waals surface area contributed by atoms with Gasteiger partial charge in [-0.1, -0.05) is 25.7 Å². The van der Waals surface area contributed by atoms with Crippen LogP contribution >= 0.6 is 0 Å². The Kier molecular flexibility index (Phi) is 3.90. The SMILES string of the molecule is Cc1cc(C)n2ncc(C(=O)NC3CCCCCC3)c2n1. The molecule has 3 rings (SSSR count). The van der Waals surface area contributed by atoms with Crippen molar-refractivity contribution in [2.45, 2.75) is 58.4 Å². The third kappa shape index (κ3) is 2.91. The molecule has 5 nitrogen and oxygen atoms in total. The Labute approximate surface area is 124 Å². The van der Waals surface area contributed by atoms with Crippen LogP contribution in [0.3, 0.4) is 0 Å². The van der Waals surface area contributed by atoms with Gasteiger partial charge in [-0.05, 0) is 32.8 Å². The Morgan fingerprint density at radius 1 is 1.24 bits per heavy atom. The lowest BCUT2D eigenvalue weighted by molar-refractivity contribution is 0.0935. The fourth-order valence-corrected chi connectivity index (χ4v) is 3.12. The van der Waals surface area contributed by atoms with Gasteiger partial charge in [0.05, 0.1) is 6.20 Å². The molecule has 1 fully saturated rings. The van der Waals surface area contributed by atoms with Gasteiger partial charge in [-0.15, -0.1) is 0 Å². The third-order valence-corrected chi connectivity index (χ3v) is 4.21. The minimum atomic E-state index is -0.0469. The molecule has 0 radical (unpaired) electrons. The van der Waals surface area contributed by atoms with Gasteiger partial charge in [-0.25, -0.2) is 9.50 Å². The predicted octanol–water partition coefficient (Wildman–Crippen LogP) is 2.80. The first-order valence-corrected chi connectivity index (χ1v) is 7.78. The molecule has 2 aromatic heterocycles. The molecule has 1 aliphatic rings. The largest absolute Gasteiger partial charge is 0.349 e. The van der Waals surface area contributed by atoms with Crippen molar-refractivity contribution in [3.05, 3.63) is 29.2 Å². The molecule has 0 spiro atoms. The smallest absolute Gasteiger partial charge is 0.256 e. The Bertz CT molecular complexity index is 654. The molecule has 21 heavy (non-hydrogen) atoms. The van der Waals surface area contributed by atoms with Gasteiger partial charge in [0.25, 0.3) is 5.91 Å². The summed E-state index contributed by atoms with van der Waals surface area (Å²) >= 11 is 0. The Hall–Kier alpha value is -1.91. The zero-order chi connectivity index (χ0) is 14.8. The van der Waals surface area contributed by atoms with Crippen LogP contribution in [0.4, 0.5) is 0 Å². The van der Waals surface area contributed by atoms with E-state index in [1.54, 1.807) is 10.7 Å². The molecule has 1 aliphatic carbocycles. The minimum absolute atomic E-state index is 0.0469. The van der Waals surface area contributed by atoms with E-state index in [1.165, 1.54) is 25.7 Å².